The van der Waals surface area contributed by atoms with Crippen LogP contribution in [0.1, 0.15) is 12.5 Å². The summed E-state index contributed by atoms with van der Waals surface area (Å²) >= 11 is 0. The van der Waals surface area contributed by atoms with E-state index >= 15 is 4.39 Å². The number of halogens is 1. The lowest BCUT2D eigenvalue weighted by Gasteiger charge is -2.35. The Balaban J connectivity index is 1.42. The number of nitrogens with zero attached hydrogens (tertiary/aromatic N) is 5. The normalized spacial score (nSPS) is 14.3. The van der Waals surface area contributed by atoms with Crippen LogP contribution in [0.15, 0.2) is 54.7 Å². The average molecular weight is 456 g/mol. The van der Waals surface area contributed by atoms with Crippen molar-refractivity contribution in [1.82, 2.24) is 19.9 Å². The predicted molar refractivity (Wildman–Crippen MR) is 133 cm³/mol. The number of piperazine rings is 1. The maximum atomic E-state index is 15.0. The monoisotopic (exact) mass is 455 g/mol. The molecule has 0 saturated carbocycles. The fourth-order valence-electron chi connectivity index (χ4n) is 4.41. The molecule has 3 heterocycles. The minimum absolute atomic E-state index is 0.264. The van der Waals surface area contributed by atoms with Gasteiger partial charge in [0.15, 0.2) is 0 Å². The Bertz CT molecular complexity index is 1350. The standard InChI is InChI=1S/C26H26FN7/c1-2-33-12-14-34(15-13-33)23-7-6-20(17-22(23)27)30-26-31-24(21-9-11-29-25(21)32-26)19-5-3-4-18(16-19)8-10-28/h3-7,9,11,16-17H,2,8,12-15H2,1H3,(H2,29,30,31,32). The highest BCUT2D eigenvalue weighted by Crippen LogP contribution is 2.30. The Morgan fingerprint density at radius 2 is 1.94 bits per heavy atom. The molecule has 0 radical (unpaired) electrons. The van der Waals surface area contributed by atoms with Gasteiger partial charge >= 0.3 is 0 Å². The van der Waals surface area contributed by atoms with E-state index in [1.165, 1.54) is 6.07 Å². The van der Waals surface area contributed by atoms with Gasteiger partial charge in [-0.1, -0.05) is 25.1 Å². The summed E-state index contributed by atoms with van der Waals surface area (Å²) in [5.41, 5.74) is 4.47. The van der Waals surface area contributed by atoms with Crippen molar-refractivity contribution in [3.63, 3.8) is 0 Å². The van der Waals surface area contributed by atoms with Crippen molar-refractivity contribution in [3.8, 4) is 17.3 Å². The first kappa shape index (κ1) is 21.9. The van der Waals surface area contributed by atoms with Gasteiger partial charge in [-0.25, -0.2) is 9.37 Å². The van der Waals surface area contributed by atoms with Crippen molar-refractivity contribution in [2.75, 3.05) is 42.9 Å². The number of rotatable bonds is 6. The molecular formula is C26H26FN7. The maximum absolute atomic E-state index is 15.0. The zero-order chi connectivity index (χ0) is 23.5. The molecule has 0 amide bonds. The molecule has 0 aliphatic carbocycles. The zero-order valence-corrected chi connectivity index (χ0v) is 19.1. The van der Waals surface area contributed by atoms with Crippen molar-refractivity contribution in [2.45, 2.75) is 13.3 Å². The highest BCUT2D eigenvalue weighted by molar-refractivity contribution is 5.92. The number of anilines is 3. The molecule has 0 spiro atoms. The summed E-state index contributed by atoms with van der Waals surface area (Å²) in [6, 6.07) is 17.1. The van der Waals surface area contributed by atoms with E-state index < -0.39 is 0 Å². The van der Waals surface area contributed by atoms with E-state index in [2.05, 4.69) is 38.1 Å². The van der Waals surface area contributed by atoms with Gasteiger partial charge in [-0.2, -0.15) is 10.2 Å². The van der Waals surface area contributed by atoms with E-state index in [0.717, 1.165) is 54.9 Å². The molecule has 1 aliphatic rings. The molecule has 2 aromatic heterocycles. The van der Waals surface area contributed by atoms with Crippen molar-refractivity contribution < 1.29 is 4.39 Å². The third-order valence-electron chi connectivity index (χ3n) is 6.26. The SMILES string of the molecule is CCN1CCN(c2ccc(Nc3nc(-c4cccc(CC#N)c4)c4cc[nH]c4n3)cc2F)CC1. The molecular weight excluding hydrogens is 429 g/mol. The van der Waals surface area contributed by atoms with Crippen LogP contribution >= 0.6 is 0 Å². The average Bonchev–Trinajstić information content (AvgIpc) is 3.33. The first-order valence-corrected chi connectivity index (χ1v) is 11.5. The Morgan fingerprint density at radius 3 is 2.71 bits per heavy atom. The minimum atomic E-state index is -0.264. The second-order valence-electron chi connectivity index (χ2n) is 8.38. The number of aromatic amines is 1. The van der Waals surface area contributed by atoms with Crippen LogP contribution < -0.4 is 10.2 Å². The highest BCUT2D eigenvalue weighted by atomic mass is 19.1. The number of H-pyrrole nitrogens is 1. The molecule has 4 aromatic rings. The topological polar surface area (TPSA) is 83.9 Å². The van der Waals surface area contributed by atoms with Crippen LogP contribution in [0.4, 0.5) is 21.7 Å². The van der Waals surface area contributed by atoms with Gasteiger partial charge in [-0.05, 0) is 42.4 Å². The molecule has 172 valence electrons. The second-order valence-corrected chi connectivity index (χ2v) is 8.38. The first-order chi connectivity index (χ1) is 16.6. The molecule has 0 unspecified atom stereocenters. The number of hydrogen-bond acceptors (Lipinski definition) is 6. The lowest BCUT2D eigenvalue weighted by atomic mass is 10.0. The van der Waals surface area contributed by atoms with E-state index in [0.29, 0.717) is 29.4 Å². The first-order valence-electron chi connectivity index (χ1n) is 11.5. The number of aromatic nitrogens is 3. The summed E-state index contributed by atoms with van der Waals surface area (Å²) in [5, 5.41) is 13.1. The Hall–Kier alpha value is -3.96. The molecule has 1 fully saturated rings. The van der Waals surface area contributed by atoms with E-state index in [1.807, 2.05) is 48.7 Å². The van der Waals surface area contributed by atoms with Crippen LogP contribution in [0.25, 0.3) is 22.3 Å². The highest BCUT2D eigenvalue weighted by Gasteiger charge is 2.19. The summed E-state index contributed by atoms with van der Waals surface area (Å²) in [4.78, 5) is 16.9. The quantitative estimate of drug-likeness (QED) is 0.438. The van der Waals surface area contributed by atoms with Crippen molar-refractivity contribution in [2.24, 2.45) is 0 Å². The van der Waals surface area contributed by atoms with E-state index in [9.17, 15) is 0 Å². The number of nitriles is 1. The largest absolute Gasteiger partial charge is 0.367 e. The van der Waals surface area contributed by atoms with Gasteiger partial charge in [-0.15, -0.1) is 0 Å². The van der Waals surface area contributed by atoms with Crippen LogP contribution in [-0.2, 0) is 6.42 Å². The van der Waals surface area contributed by atoms with Crippen LogP contribution in [-0.4, -0.2) is 52.6 Å². The second kappa shape index (κ2) is 9.49. The Morgan fingerprint density at radius 1 is 1.09 bits per heavy atom. The molecule has 5 rings (SSSR count). The smallest absolute Gasteiger partial charge is 0.229 e. The summed E-state index contributed by atoms with van der Waals surface area (Å²) in [5.74, 6) is 0.111. The Labute approximate surface area is 197 Å². The molecule has 0 atom stereocenters. The molecule has 1 aliphatic heterocycles. The summed E-state index contributed by atoms with van der Waals surface area (Å²) in [6.45, 7) is 6.69. The van der Waals surface area contributed by atoms with Gasteiger partial charge in [0.1, 0.15) is 11.5 Å². The van der Waals surface area contributed by atoms with Crippen molar-refractivity contribution in [1.29, 1.82) is 5.26 Å². The third kappa shape index (κ3) is 4.43. The van der Waals surface area contributed by atoms with E-state index in [-0.39, 0.29) is 5.82 Å². The maximum Gasteiger partial charge on any atom is 0.229 e. The molecule has 0 bridgehead atoms. The summed E-state index contributed by atoms with van der Waals surface area (Å²) < 4.78 is 15.0. The number of benzene rings is 2. The number of fused-ring (bicyclic) bond motifs is 1. The molecule has 34 heavy (non-hydrogen) atoms. The molecule has 1 saturated heterocycles. The van der Waals surface area contributed by atoms with Crippen molar-refractivity contribution in [3.05, 3.63) is 66.1 Å². The van der Waals surface area contributed by atoms with Crippen molar-refractivity contribution >= 4 is 28.4 Å². The van der Waals surface area contributed by atoms with Gasteiger partial charge < -0.3 is 20.1 Å². The Kier molecular flexibility index (Phi) is 6.11. The number of nitrogens with one attached hydrogen (secondary N) is 2. The third-order valence-corrected chi connectivity index (χ3v) is 6.26. The van der Waals surface area contributed by atoms with Crippen LogP contribution in [0.3, 0.4) is 0 Å². The zero-order valence-electron chi connectivity index (χ0n) is 19.1. The van der Waals surface area contributed by atoms with Crippen LogP contribution in [0.5, 0.6) is 0 Å². The minimum Gasteiger partial charge on any atom is -0.367 e. The van der Waals surface area contributed by atoms with Crippen LogP contribution in [0.2, 0.25) is 0 Å². The fourth-order valence-corrected chi connectivity index (χ4v) is 4.41. The van der Waals surface area contributed by atoms with Gasteiger partial charge in [0, 0.05) is 49.0 Å². The van der Waals surface area contributed by atoms with E-state index in [1.54, 1.807) is 0 Å². The van der Waals surface area contributed by atoms with Gasteiger partial charge in [-0.3, -0.25) is 0 Å². The molecule has 2 N–H and O–H groups in total. The predicted octanol–water partition coefficient (Wildman–Crippen LogP) is 4.72. The number of likely N-dealkylation sites (N-methyl/N-ethyl adjacent to an activating group) is 1. The summed E-state index contributed by atoms with van der Waals surface area (Å²) in [7, 11) is 0. The van der Waals surface area contributed by atoms with E-state index in [4.69, 9.17) is 10.2 Å². The van der Waals surface area contributed by atoms with Gasteiger partial charge in [0.05, 0.1) is 23.9 Å². The van der Waals surface area contributed by atoms with Gasteiger partial charge in [0.2, 0.25) is 5.95 Å². The lowest BCUT2D eigenvalue weighted by Crippen LogP contribution is -2.46. The molecule has 7 nitrogen and oxygen atoms in total. The molecule has 2 aromatic carbocycles. The fraction of sp³-hybridized carbons (Fsp3) is 0.269. The summed E-state index contributed by atoms with van der Waals surface area (Å²) in [6.07, 6.45) is 2.15. The lowest BCUT2D eigenvalue weighted by molar-refractivity contribution is 0.270. The molecule has 8 heteroatoms. The van der Waals surface area contributed by atoms with Crippen LogP contribution in [0, 0.1) is 17.1 Å². The van der Waals surface area contributed by atoms with Gasteiger partial charge in [0.25, 0.3) is 0 Å². The number of hydrogen-bond donors (Lipinski definition) is 2.